The summed E-state index contributed by atoms with van der Waals surface area (Å²) in [6, 6.07) is 6.56. The lowest BCUT2D eigenvalue weighted by molar-refractivity contribution is 0.563. The van der Waals surface area contributed by atoms with Crippen molar-refractivity contribution in [2.75, 3.05) is 11.9 Å². The number of furan rings is 1. The molecule has 0 spiro atoms. The molecule has 0 amide bonds. The van der Waals surface area contributed by atoms with E-state index in [4.69, 9.17) is 10.2 Å². The third kappa shape index (κ3) is 2.54. The first-order valence-electron chi connectivity index (χ1n) is 5.86. The first kappa shape index (κ1) is 12.6. The number of nitrogens with two attached hydrogens (primary N) is 1. The number of halogens is 1. The topological polar surface area (TPSA) is 42.4 Å². The number of nitrogens with zero attached hydrogens (tertiary/aromatic N) is 1. The third-order valence-electron chi connectivity index (χ3n) is 2.90. The van der Waals surface area contributed by atoms with Crippen LogP contribution in [0.25, 0.3) is 0 Å². The standard InChI is InChI=1S/C14H17FN2O/c1-10(16)14-12(15)4-3-5-13(14)17(2)8-11-6-7-18-9-11/h3-7,9-10H,8,16H2,1-2H3. The van der Waals surface area contributed by atoms with Crippen molar-refractivity contribution in [1.29, 1.82) is 0 Å². The summed E-state index contributed by atoms with van der Waals surface area (Å²) in [5.74, 6) is -0.262. The zero-order chi connectivity index (χ0) is 13.1. The largest absolute Gasteiger partial charge is 0.472 e. The Morgan fingerprint density at radius 3 is 2.78 bits per heavy atom. The summed E-state index contributed by atoms with van der Waals surface area (Å²) in [6.07, 6.45) is 3.31. The van der Waals surface area contributed by atoms with Gasteiger partial charge in [-0.2, -0.15) is 0 Å². The van der Waals surface area contributed by atoms with Gasteiger partial charge in [-0.1, -0.05) is 6.07 Å². The van der Waals surface area contributed by atoms with Crippen molar-refractivity contribution in [2.24, 2.45) is 5.73 Å². The van der Waals surface area contributed by atoms with Crippen LogP contribution in [0.2, 0.25) is 0 Å². The molecule has 0 fully saturated rings. The molecule has 0 bridgehead atoms. The minimum atomic E-state index is -0.340. The third-order valence-corrected chi connectivity index (χ3v) is 2.90. The van der Waals surface area contributed by atoms with Crippen LogP contribution in [0, 0.1) is 5.82 Å². The van der Waals surface area contributed by atoms with Gasteiger partial charge in [-0.15, -0.1) is 0 Å². The highest BCUT2D eigenvalue weighted by Crippen LogP contribution is 2.28. The Hall–Kier alpha value is -1.81. The Labute approximate surface area is 106 Å². The molecule has 1 heterocycles. The van der Waals surface area contributed by atoms with E-state index in [-0.39, 0.29) is 11.9 Å². The van der Waals surface area contributed by atoms with Crippen molar-refractivity contribution in [3.05, 3.63) is 53.7 Å². The van der Waals surface area contributed by atoms with Crippen LogP contribution in [-0.4, -0.2) is 7.05 Å². The van der Waals surface area contributed by atoms with Crippen LogP contribution in [0.4, 0.5) is 10.1 Å². The van der Waals surface area contributed by atoms with Gasteiger partial charge in [-0.05, 0) is 25.1 Å². The van der Waals surface area contributed by atoms with E-state index in [1.54, 1.807) is 25.5 Å². The van der Waals surface area contributed by atoms with E-state index in [9.17, 15) is 4.39 Å². The smallest absolute Gasteiger partial charge is 0.130 e. The number of rotatable bonds is 4. The molecule has 3 nitrogen and oxygen atoms in total. The van der Waals surface area contributed by atoms with Crippen molar-refractivity contribution in [2.45, 2.75) is 19.5 Å². The molecule has 2 N–H and O–H groups in total. The molecule has 2 rings (SSSR count). The Balaban J connectivity index is 2.29. The molecule has 0 saturated heterocycles. The maximum atomic E-state index is 13.8. The van der Waals surface area contributed by atoms with E-state index >= 15 is 0 Å². The molecule has 1 unspecified atom stereocenters. The van der Waals surface area contributed by atoms with Gasteiger partial charge in [0.15, 0.2) is 0 Å². The number of hydrogen-bond acceptors (Lipinski definition) is 3. The summed E-state index contributed by atoms with van der Waals surface area (Å²) < 4.78 is 18.8. The van der Waals surface area contributed by atoms with Gasteiger partial charge in [0.05, 0.1) is 12.5 Å². The van der Waals surface area contributed by atoms with Crippen molar-refractivity contribution < 1.29 is 8.81 Å². The van der Waals surface area contributed by atoms with Crippen LogP contribution in [0.15, 0.2) is 41.2 Å². The molecular formula is C14H17FN2O. The van der Waals surface area contributed by atoms with Crippen molar-refractivity contribution in [1.82, 2.24) is 0 Å². The minimum absolute atomic E-state index is 0.262. The minimum Gasteiger partial charge on any atom is -0.472 e. The first-order chi connectivity index (χ1) is 8.59. The van der Waals surface area contributed by atoms with E-state index < -0.39 is 0 Å². The number of benzene rings is 1. The Kier molecular flexibility index (Phi) is 3.67. The lowest BCUT2D eigenvalue weighted by Gasteiger charge is -2.23. The number of anilines is 1. The first-order valence-corrected chi connectivity index (χ1v) is 5.86. The zero-order valence-corrected chi connectivity index (χ0v) is 10.6. The zero-order valence-electron chi connectivity index (χ0n) is 10.6. The summed E-state index contributed by atoms with van der Waals surface area (Å²) in [5.41, 5.74) is 8.24. The van der Waals surface area contributed by atoms with Crippen LogP contribution in [-0.2, 0) is 6.54 Å². The fourth-order valence-electron chi connectivity index (χ4n) is 2.05. The highest BCUT2D eigenvalue weighted by Gasteiger charge is 2.15. The molecule has 1 atom stereocenters. The Bertz CT molecular complexity index is 509. The predicted octanol–water partition coefficient (Wildman–Crippen LogP) is 3.07. The molecule has 4 heteroatoms. The average molecular weight is 248 g/mol. The maximum Gasteiger partial charge on any atom is 0.130 e. The van der Waals surface area contributed by atoms with Crippen molar-refractivity contribution in [3.63, 3.8) is 0 Å². The molecule has 18 heavy (non-hydrogen) atoms. The van der Waals surface area contributed by atoms with Gasteiger partial charge in [0.25, 0.3) is 0 Å². The Morgan fingerprint density at radius 1 is 1.39 bits per heavy atom. The Morgan fingerprint density at radius 2 is 2.17 bits per heavy atom. The van der Waals surface area contributed by atoms with Crippen LogP contribution >= 0.6 is 0 Å². The van der Waals surface area contributed by atoms with Gasteiger partial charge < -0.3 is 15.1 Å². The number of hydrogen-bond donors (Lipinski definition) is 1. The second-order valence-corrected chi connectivity index (χ2v) is 4.45. The summed E-state index contributed by atoms with van der Waals surface area (Å²) in [5, 5.41) is 0. The van der Waals surface area contributed by atoms with E-state index in [2.05, 4.69) is 0 Å². The average Bonchev–Trinajstić information content (AvgIpc) is 2.80. The maximum absolute atomic E-state index is 13.8. The fraction of sp³-hybridized carbons (Fsp3) is 0.286. The van der Waals surface area contributed by atoms with Gasteiger partial charge in [0.1, 0.15) is 5.82 Å². The van der Waals surface area contributed by atoms with Crippen LogP contribution in [0.1, 0.15) is 24.1 Å². The normalized spacial score (nSPS) is 12.4. The molecule has 2 aromatic rings. The molecule has 96 valence electrons. The second kappa shape index (κ2) is 5.23. The highest BCUT2D eigenvalue weighted by atomic mass is 19.1. The summed E-state index contributed by atoms with van der Waals surface area (Å²) in [7, 11) is 1.91. The lowest BCUT2D eigenvalue weighted by Crippen LogP contribution is -2.20. The summed E-state index contributed by atoms with van der Waals surface area (Å²) >= 11 is 0. The highest BCUT2D eigenvalue weighted by molar-refractivity contribution is 5.55. The molecule has 0 aliphatic rings. The second-order valence-electron chi connectivity index (χ2n) is 4.45. The molecule has 0 aliphatic carbocycles. The van der Waals surface area contributed by atoms with Crippen molar-refractivity contribution in [3.8, 4) is 0 Å². The molecule has 0 radical (unpaired) electrons. The lowest BCUT2D eigenvalue weighted by atomic mass is 10.0. The van der Waals surface area contributed by atoms with E-state index in [0.29, 0.717) is 12.1 Å². The monoisotopic (exact) mass is 248 g/mol. The van der Waals surface area contributed by atoms with E-state index in [1.165, 1.54) is 6.07 Å². The summed E-state index contributed by atoms with van der Waals surface area (Å²) in [6.45, 7) is 2.44. The van der Waals surface area contributed by atoms with Gasteiger partial charge in [0, 0.05) is 36.4 Å². The van der Waals surface area contributed by atoms with Gasteiger partial charge in [-0.25, -0.2) is 4.39 Å². The quantitative estimate of drug-likeness (QED) is 0.904. The molecular weight excluding hydrogens is 231 g/mol. The van der Waals surface area contributed by atoms with Crippen LogP contribution in [0.5, 0.6) is 0 Å². The molecule has 1 aromatic carbocycles. The summed E-state index contributed by atoms with van der Waals surface area (Å²) in [4.78, 5) is 1.96. The van der Waals surface area contributed by atoms with Gasteiger partial charge in [-0.3, -0.25) is 0 Å². The van der Waals surface area contributed by atoms with Crippen LogP contribution < -0.4 is 10.6 Å². The SMILES string of the molecule is CC(N)c1c(F)cccc1N(C)Cc1ccoc1. The van der Waals surface area contributed by atoms with E-state index in [1.807, 2.05) is 24.1 Å². The van der Waals surface area contributed by atoms with Gasteiger partial charge >= 0.3 is 0 Å². The predicted molar refractivity (Wildman–Crippen MR) is 69.8 cm³/mol. The van der Waals surface area contributed by atoms with Crippen molar-refractivity contribution >= 4 is 5.69 Å². The van der Waals surface area contributed by atoms with Crippen LogP contribution in [0.3, 0.4) is 0 Å². The van der Waals surface area contributed by atoms with E-state index in [0.717, 1.165) is 11.3 Å². The van der Waals surface area contributed by atoms with Gasteiger partial charge in [0.2, 0.25) is 0 Å². The molecule has 1 aromatic heterocycles. The molecule has 0 aliphatic heterocycles. The molecule has 0 saturated carbocycles. The fourth-order valence-corrected chi connectivity index (χ4v) is 2.05.